The Kier molecular flexibility index (Phi) is 4.24. The second kappa shape index (κ2) is 6.36. The Labute approximate surface area is 161 Å². The molecular weight excluding hydrogens is 356 g/mol. The van der Waals surface area contributed by atoms with E-state index in [1.807, 2.05) is 49.4 Å². The Morgan fingerprint density at radius 3 is 2.56 bits per heavy atom. The third-order valence-corrected chi connectivity index (χ3v) is 7.77. The van der Waals surface area contributed by atoms with E-state index >= 15 is 0 Å². The lowest BCUT2D eigenvalue weighted by atomic mass is 9.70. The molecule has 2 aromatic rings. The predicted molar refractivity (Wildman–Crippen MR) is 109 cm³/mol. The first-order valence-electron chi connectivity index (χ1n) is 9.13. The van der Waals surface area contributed by atoms with Crippen molar-refractivity contribution >= 4 is 15.7 Å². The van der Waals surface area contributed by atoms with Crippen molar-refractivity contribution in [2.75, 3.05) is 11.9 Å². The van der Waals surface area contributed by atoms with Gasteiger partial charge in [-0.05, 0) is 37.1 Å². The van der Waals surface area contributed by atoms with E-state index in [1.54, 1.807) is 16.4 Å². The average Bonchev–Trinajstić information content (AvgIpc) is 3.14. The van der Waals surface area contributed by atoms with Gasteiger partial charge in [-0.25, -0.2) is 8.42 Å². The van der Waals surface area contributed by atoms with Crippen LogP contribution in [-0.4, -0.2) is 25.4 Å². The molecule has 0 aromatic heterocycles. The first kappa shape index (κ1) is 18.0. The molecule has 3 atom stereocenters. The molecule has 0 radical (unpaired) electrons. The molecule has 0 bridgehead atoms. The van der Waals surface area contributed by atoms with Crippen LogP contribution in [0, 0.1) is 12.8 Å². The summed E-state index contributed by atoms with van der Waals surface area (Å²) in [6.45, 7) is 10.3. The first-order chi connectivity index (χ1) is 12.9. The van der Waals surface area contributed by atoms with Crippen molar-refractivity contribution in [1.82, 2.24) is 4.31 Å². The van der Waals surface area contributed by atoms with Gasteiger partial charge in [-0.15, -0.1) is 13.2 Å². The first-order valence-corrected chi connectivity index (χ1v) is 10.6. The second-order valence-corrected chi connectivity index (χ2v) is 9.25. The number of hydrogen-bond acceptors (Lipinski definition) is 3. The quantitative estimate of drug-likeness (QED) is 0.796. The normalized spacial score (nSPS) is 26.9. The van der Waals surface area contributed by atoms with Gasteiger partial charge in [0, 0.05) is 23.6 Å². The van der Waals surface area contributed by atoms with Crippen molar-refractivity contribution in [3.05, 3.63) is 85.0 Å². The summed E-state index contributed by atoms with van der Waals surface area (Å²) in [7, 11) is -3.64. The summed E-state index contributed by atoms with van der Waals surface area (Å²) in [5, 5.41) is 3.47. The molecule has 1 N–H and O–H groups in total. The summed E-state index contributed by atoms with van der Waals surface area (Å²) in [6.07, 6.45) is 4.10. The Hall–Kier alpha value is -2.37. The SMILES string of the molecule is C=CCC12c3ccccc3NC1N(S(=O)(=O)c1ccc(C)cc1)CC2C=C. The van der Waals surface area contributed by atoms with Gasteiger partial charge in [0.15, 0.2) is 0 Å². The topological polar surface area (TPSA) is 49.4 Å². The molecule has 0 spiro atoms. The lowest BCUT2D eigenvalue weighted by molar-refractivity contribution is 0.327. The number of aryl methyl sites for hydroxylation is 1. The fraction of sp³-hybridized carbons (Fsp3) is 0.273. The number of allylic oxidation sites excluding steroid dienone is 1. The van der Waals surface area contributed by atoms with E-state index in [9.17, 15) is 8.42 Å². The van der Waals surface area contributed by atoms with E-state index in [1.165, 1.54) is 0 Å². The van der Waals surface area contributed by atoms with E-state index in [4.69, 9.17) is 0 Å². The van der Waals surface area contributed by atoms with E-state index in [0.29, 0.717) is 17.9 Å². The van der Waals surface area contributed by atoms with Crippen molar-refractivity contribution in [2.45, 2.75) is 29.8 Å². The lowest BCUT2D eigenvalue weighted by Gasteiger charge is -2.34. The molecule has 1 saturated heterocycles. The van der Waals surface area contributed by atoms with E-state index in [-0.39, 0.29) is 12.1 Å². The zero-order valence-corrected chi connectivity index (χ0v) is 16.2. The number of benzene rings is 2. The molecule has 140 valence electrons. The fourth-order valence-corrected chi connectivity index (χ4v) is 6.24. The standard InChI is InChI=1S/C22H24N2O2S/c1-4-14-22-17(5-2)15-24(21(22)23-20-9-7-6-8-19(20)22)27(25,26)18-12-10-16(3)11-13-18/h4-13,17,21,23H,1-2,14-15H2,3H3. The van der Waals surface area contributed by atoms with Crippen LogP contribution in [0.15, 0.2) is 78.7 Å². The molecule has 3 unspecified atom stereocenters. The molecule has 0 aliphatic carbocycles. The molecule has 2 heterocycles. The van der Waals surface area contributed by atoms with Crippen LogP contribution in [0.25, 0.3) is 0 Å². The maximum Gasteiger partial charge on any atom is 0.244 e. The summed E-state index contributed by atoms with van der Waals surface area (Å²) in [5.41, 5.74) is 2.77. The maximum atomic E-state index is 13.5. The Balaban J connectivity index is 1.86. The number of rotatable bonds is 5. The Morgan fingerprint density at radius 1 is 1.19 bits per heavy atom. The molecule has 0 saturated carbocycles. The summed E-state index contributed by atoms with van der Waals surface area (Å²) in [4.78, 5) is 0.322. The zero-order valence-electron chi connectivity index (χ0n) is 15.4. The highest BCUT2D eigenvalue weighted by atomic mass is 32.2. The Bertz CT molecular complexity index is 997. The predicted octanol–water partition coefficient (Wildman–Crippen LogP) is 4.07. The molecule has 5 heteroatoms. The van der Waals surface area contributed by atoms with Crippen LogP contribution in [0.3, 0.4) is 0 Å². The molecule has 2 aliphatic heterocycles. The van der Waals surface area contributed by atoms with Crippen LogP contribution in [0.1, 0.15) is 17.5 Å². The van der Waals surface area contributed by atoms with Crippen LogP contribution < -0.4 is 5.32 Å². The third kappa shape index (κ3) is 2.49. The monoisotopic (exact) mass is 380 g/mol. The van der Waals surface area contributed by atoms with Crippen LogP contribution in [0.4, 0.5) is 5.69 Å². The van der Waals surface area contributed by atoms with Gasteiger partial charge in [0.2, 0.25) is 10.0 Å². The van der Waals surface area contributed by atoms with Crippen molar-refractivity contribution in [3.63, 3.8) is 0 Å². The smallest absolute Gasteiger partial charge is 0.244 e. The summed E-state index contributed by atoms with van der Waals surface area (Å²) < 4.78 is 28.6. The summed E-state index contributed by atoms with van der Waals surface area (Å²) in [6, 6.07) is 15.1. The van der Waals surface area contributed by atoms with Gasteiger partial charge in [-0.1, -0.05) is 48.0 Å². The molecule has 4 nitrogen and oxygen atoms in total. The number of hydrogen-bond donors (Lipinski definition) is 1. The minimum atomic E-state index is -3.64. The minimum absolute atomic E-state index is 0.00290. The number of sulfonamides is 1. The molecular formula is C22H24N2O2S. The van der Waals surface area contributed by atoms with E-state index in [2.05, 4.69) is 24.5 Å². The van der Waals surface area contributed by atoms with E-state index in [0.717, 1.165) is 16.8 Å². The number of para-hydroxylation sites is 1. The second-order valence-electron chi connectivity index (χ2n) is 7.36. The van der Waals surface area contributed by atoms with Crippen molar-refractivity contribution < 1.29 is 8.42 Å². The fourth-order valence-electron chi connectivity index (χ4n) is 4.61. The van der Waals surface area contributed by atoms with Crippen LogP contribution >= 0.6 is 0 Å². The largest absolute Gasteiger partial charge is 0.368 e. The molecule has 0 amide bonds. The third-order valence-electron chi connectivity index (χ3n) is 5.93. The number of fused-ring (bicyclic) bond motifs is 3. The molecule has 4 rings (SSSR count). The molecule has 1 fully saturated rings. The highest BCUT2D eigenvalue weighted by Crippen LogP contribution is 2.55. The highest BCUT2D eigenvalue weighted by molar-refractivity contribution is 7.89. The van der Waals surface area contributed by atoms with Gasteiger partial charge in [0.05, 0.1) is 4.90 Å². The average molecular weight is 381 g/mol. The van der Waals surface area contributed by atoms with Gasteiger partial charge in [-0.3, -0.25) is 0 Å². The lowest BCUT2D eigenvalue weighted by Crippen LogP contribution is -2.46. The van der Waals surface area contributed by atoms with Crippen molar-refractivity contribution in [3.8, 4) is 0 Å². The number of nitrogens with zero attached hydrogens (tertiary/aromatic N) is 1. The maximum absolute atomic E-state index is 13.5. The van der Waals surface area contributed by atoms with Gasteiger partial charge in [-0.2, -0.15) is 4.31 Å². The van der Waals surface area contributed by atoms with E-state index < -0.39 is 15.4 Å². The highest BCUT2D eigenvalue weighted by Gasteiger charge is 2.60. The summed E-state index contributed by atoms with van der Waals surface area (Å²) in [5.74, 6) is -0.00290. The summed E-state index contributed by atoms with van der Waals surface area (Å²) >= 11 is 0. The molecule has 2 aliphatic rings. The van der Waals surface area contributed by atoms with Crippen LogP contribution in [-0.2, 0) is 15.4 Å². The Morgan fingerprint density at radius 2 is 1.89 bits per heavy atom. The van der Waals surface area contributed by atoms with Crippen molar-refractivity contribution in [1.29, 1.82) is 0 Å². The van der Waals surface area contributed by atoms with Crippen molar-refractivity contribution in [2.24, 2.45) is 5.92 Å². The number of anilines is 1. The molecule has 2 aromatic carbocycles. The number of nitrogens with one attached hydrogen (secondary N) is 1. The zero-order chi connectivity index (χ0) is 19.2. The minimum Gasteiger partial charge on any atom is -0.368 e. The van der Waals surface area contributed by atoms with Gasteiger partial charge < -0.3 is 5.32 Å². The van der Waals surface area contributed by atoms with Crippen LogP contribution in [0.2, 0.25) is 0 Å². The molecule has 27 heavy (non-hydrogen) atoms. The van der Waals surface area contributed by atoms with Gasteiger partial charge in [0.1, 0.15) is 6.17 Å². The van der Waals surface area contributed by atoms with Gasteiger partial charge in [0.25, 0.3) is 0 Å². The van der Waals surface area contributed by atoms with Gasteiger partial charge >= 0.3 is 0 Å². The van der Waals surface area contributed by atoms with Crippen LogP contribution in [0.5, 0.6) is 0 Å².